The lowest BCUT2D eigenvalue weighted by molar-refractivity contribution is -0.118. The Morgan fingerprint density at radius 1 is 1.08 bits per heavy atom. The number of halogens is 1. The van der Waals surface area contributed by atoms with Gasteiger partial charge in [0.25, 0.3) is 11.8 Å². The Balaban J connectivity index is 1.61. The molecule has 0 radical (unpaired) electrons. The Labute approximate surface area is 231 Å². The van der Waals surface area contributed by atoms with Crippen LogP contribution in [0.5, 0.6) is 5.75 Å². The van der Waals surface area contributed by atoms with E-state index in [4.69, 9.17) is 21.1 Å². The van der Waals surface area contributed by atoms with Crippen LogP contribution in [-0.4, -0.2) is 31.5 Å². The van der Waals surface area contributed by atoms with E-state index in [-0.39, 0.29) is 29.4 Å². The van der Waals surface area contributed by atoms with Crippen LogP contribution in [-0.2, 0) is 22.4 Å². The molecule has 38 heavy (non-hydrogen) atoms. The molecule has 7 nitrogen and oxygen atoms in total. The van der Waals surface area contributed by atoms with Gasteiger partial charge >= 0.3 is 5.97 Å². The lowest BCUT2D eigenvalue weighted by Crippen LogP contribution is -2.27. The van der Waals surface area contributed by atoms with E-state index in [9.17, 15) is 14.4 Å². The summed E-state index contributed by atoms with van der Waals surface area (Å²) in [4.78, 5) is 39.8. The minimum Gasteiger partial charge on any atom is -0.484 e. The van der Waals surface area contributed by atoms with Crippen molar-refractivity contribution >= 4 is 51.4 Å². The number of hydrogen-bond acceptors (Lipinski definition) is 6. The minimum absolute atomic E-state index is 0.123. The van der Waals surface area contributed by atoms with Crippen LogP contribution in [0.3, 0.4) is 0 Å². The summed E-state index contributed by atoms with van der Waals surface area (Å²) in [6.07, 6.45) is 2.50. The van der Waals surface area contributed by atoms with Gasteiger partial charge < -0.3 is 20.1 Å². The fourth-order valence-electron chi connectivity index (χ4n) is 4.59. The molecular formula is C29H31ClN2O5S. The molecule has 4 rings (SSSR count). The Kier molecular flexibility index (Phi) is 8.43. The Morgan fingerprint density at radius 2 is 1.84 bits per heavy atom. The molecule has 0 saturated heterocycles. The molecule has 0 fully saturated rings. The standard InChI is InChI=1S/C29H31ClN2O5S/c1-29(2,3)17-12-13-21-23(14-17)38-27(32-24(33)16-37-19-9-7-8-18(30)15-19)25(21)26(34)31-22-11-6-5-10-20(22)28(35)36-4/h5-11,15,17H,12-14,16H2,1-4H3,(H,31,34)(H,32,33). The lowest BCUT2D eigenvalue weighted by Gasteiger charge is -2.33. The van der Waals surface area contributed by atoms with Crippen LogP contribution < -0.4 is 15.4 Å². The highest BCUT2D eigenvalue weighted by molar-refractivity contribution is 7.17. The first kappa shape index (κ1) is 27.7. The summed E-state index contributed by atoms with van der Waals surface area (Å²) < 4.78 is 10.5. The van der Waals surface area contributed by atoms with Crippen molar-refractivity contribution in [2.24, 2.45) is 11.3 Å². The third kappa shape index (κ3) is 6.37. The normalized spacial score (nSPS) is 14.8. The van der Waals surface area contributed by atoms with Crippen molar-refractivity contribution in [1.29, 1.82) is 0 Å². The molecular weight excluding hydrogens is 524 g/mol. The van der Waals surface area contributed by atoms with E-state index in [2.05, 4.69) is 31.4 Å². The van der Waals surface area contributed by atoms with Crippen molar-refractivity contribution in [1.82, 2.24) is 0 Å². The highest BCUT2D eigenvalue weighted by Gasteiger charge is 2.34. The summed E-state index contributed by atoms with van der Waals surface area (Å²) in [6.45, 7) is 6.44. The molecule has 0 spiro atoms. The molecule has 2 amide bonds. The average molecular weight is 555 g/mol. The second-order valence-corrected chi connectivity index (χ2v) is 11.8. The first-order valence-electron chi connectivity index (χ1n) is 12.4. The van der Waals surface area contributed by atoms with Crippen molar-refractivity contribution in [2.45, 2.75) is 40.0 Å². The van der Waals surface area contributed by atoms with E-state index < -0.39 is 5.97 Å². The first-order valence-corrected chi connectivity index (χ1v) is 13.6. The maximum absolute atomic E-state index is 13.7. The van der Waals surface area contributed by atoms with Gasteiger partial charge in [0.05, 0.1) is 23.9 Å². The number of ether oxygens (including phenoxy) is 2. The van der Waals surface area contributed by atoms with Gasteiger partial charge in [-0.1, -0.05) is 50.6 Å². The molecule has 9 heteroatoms. The number of hydrogen-bond donors (Lipinski definition) is 2. The predicted octanol–water partition coefficient (Wildman–Crippen LogP) is 6.61. The van der Waals surface area contributed by atoms with Crippen LogP contribution in [0.1, 0.15) is 58.3 Å². The van der Waals surface area contributed by atoms with Crippen LogP contribution >= 0.6 is 22.9 Å². The molecule has 200 valence electrons. The van der Waals surface area contributed by atoms with Gasteiger partial charge in [-0.15, -0.1) is 11.3 Å². The molecule has 1 aliphatic rings. The average Bonchev–Trinajstić information content (AvgIpc) is 3.24. The topological polar surface area (TPSA) is 93.7 Å². The van der Waals surface area contributed by atoms with Gasteiger partial charge in [-0.3, -0.25) is 9.59 Å². The van der Waals surface area contributed by atoms with E-state index in [1.54, 1.807) is 48.5 Å². The number of para-hydroxylation sites is 1. The molecule has 0 saturated carbocycles. The number of fused-ring (bicyclic) bond motifs is 1. The lowest BCUT2D eigenvalue weighted by atomic mass is 9.72. The van der Waals surface area contributed by atoms with E-state index in [0.717, 1.165) is 29.7 Å². The summed E-state index contributed by atoms with van der Waals surface area (Å²) in [5, 5.41) is 6.74. The van der Waals surface area contributed by atoms with Crippen LogP contribution in [0, 0.1) is 11.3 Å². The number of rotatable bonds is 7. The second kappa shape index (κ2) is 11.6. The van der Waals surface area contributed by atoms with E-state index in [0.29, 0.717) is 32.9 Å². The van der Waals surface area contributed by atoms with Gasteiger partial charge in [-0.25, -0.2) is 4.79 Å². The van der Waals surface area contributed by atoms with Crippen LogP contribution in [0.2, 0.25) is 5.02 Å². The molecule has 1 unspecified atom stereocenters. The predicted molar refractivity (Wildman–Crippen MR) is 151 cm³/mol. The molecule has 2 aromatic carbocycles. The van der Waals surface area contributed by atoms with Gasteiger partial charge in [0.1, 0.15) is 10.8 Å². The van der Waals surface area contributed by atoms with Crippen molar-refractivity contribution in [3.63, 3.8) is 0 Å². The maximum Gasteiger partial charge on any atom is 0.339 e. The molecule has 1 heterocycles. The zero-order chi connectivity index (χ0) is 27.4. The first-order chi connectivity index (χ1) is 18.1. The molecule has 1 aliphatic carbocycles. The number of thiophene rings is 1. The van der Waals surface area contributed by atoms with Crippen molar-refractivity contribution in [3.8, 4) is 5.75 Å². The van der Waals surface area contributed by atoms with E-state index in [1.165, 1.54) is 18.4 Å². The van der Waals surface area contributed by atoms with Crippen LogP contribution in [0.4, 0.5) is 10.7 Å². The number of benzene rings is 2. The van der Waals surface area contributed by atoms with Gasteiger partial charge in [0, 0.05) is 9.90 Å². The van der Waals surface area contributed by atoms with Crippen molar-refractivity contribution < 1.29 is 23.9 Å². The third-order valence-corrected chi connectivity index (χ3v) is 8.12. The Bertz CT molecular complexity index is 1360. The second-order valence-electron chi connectivity index (χ2n) is 10.3. The fourth-order valence-corrected chi connectivity index (χ4v) is 6.11. The minimum atomic E-state index is -0.548. The number of carbonyl (C=O) groups is 3. The maximum atomic E-state index is 13.7. The summed E-state index contributed by atoms with van der Waals surface area (Å²) in [5.41, 5.74) is 2.08. The zero-order valence-corrected chi connectivity index (χ0v) is 23.4. The molecule has 1 atom stereocenters. The third-order valence-electron chi connectivity index (χ3n) is 6.72. The molecule has 3 aromatic rings. The summed E-state index contributed by atoms with van der Waals surface area (Å²) >= 11 is 7.43. The number of methoxy groups -OCH3 is 1. The SMILES string of the molecule is COC(=O)c1ccccc1NC(=O)c1c(NC(=O)COc2cccc(Cl)c2)sc2c1CCC(C(C)(C)C)C2. The Morgan fingerprint density at radius 3 is 2.55 bits per heavy atom. The van der Waals surface area contributed by atoms with Crippen LogP contribution in [0.15, 0.2) is 48.5 Å². The van der Waals surface area contributed by atoms with Gasteiger partial charge in [-0.2, -0.15) is 0 Å². The summed E-state index contributed by atoms with van der Waals surface area (Å²) in [5.74, 6) is -0.394. The zero-order valence-electron chi connectivity index (χ0n) is 21.9. The number of nitrogens with one attached hydrogen (secondary N) is 2. The molecule has 2 N–H and O–H groups in total. The number of amides is 2. The smallest absolute Gasteiger partial charge is 0.339 e. The monoisotopic (exact) mass is 554 g/mol. The number of carbonyl (C=O) groups excluding carboxylic acids is 3. The quantitative estimate of drug-likeness (QED) is 0.320. The largest absolute Gasteiger partial charge is 0.484 e. The van der Waals surface area contributed by atoms with Gasteiger partial charge in [0.15, 0.2) is 6.61 Å². The summed E-state index contributed by atoms with van der Waals surface area (Å²) in [7, 11) is 1.29. The highest BCUT2D eigenvalue weighted by atomic mass is 35.5. The van der Waals surface area contributed by atoms with E-state index in [1.807, 2.05) is 0 Å². The van der Waals surface area contributed by atoms with E-state index >= 15 is 0 Å². The van der Waals surface area contributed by atoms with Gasteiger partial charge in [-0.05, 0) is 66.5 Å². The number of anilines is 2. The van der Waals surface area contributed by atoms with Crippen LogP contribution in [0.25, 0.3) is 0 Å². The van der Waals surface area contributed by atoms with Crippen molar-refractivity contribution in [3.05, 3.63) is 75.1 Å². The highest BCUT2D eigenvalue weighted by Crippen LogP contribution is 2.44. The molecule has 0 aliphatic heterocycles. The fraction of sp³-hybridized carbons (Fsp3) is 0.345. The van der Waals surface area contributed by atoms with Gasteiger partial charge in [0.2, 0.25) is 0 Å². The molecule has 0 bridgehead atoms. The van der Waals surface area contributed by atoms with Crippen molar-refractivity contribution in [2.75, 3.05) is 24.4 Å². The Hall–Kier alpha value is -3.36. The summed E-state index contributed by atoms with van der Waals surface area (Å²) in [6, 6.07) is 13.5. The number of esters is 1. The molecule has 1 aromatic heterocycles.